The Hall–Kier alpha value is -1.94. The van der Waals surface area contributed by atoms with Crippen LogP contribution in [0.3, 0.4) is 0 Å². The maximum absolute atomic E-state index is 13.2. The lowest BCUT2D eigenvalue weighted by atomic mass is 10.0. The first-order valence-electron chi connectivity index (χ1n) is 44.8. The number of carbonyl (C=O) groups is 4. The first kappa shape index (κ1) is 104. The van der Waals surface area contributed by atoms with Gasteiger partial charge in [0, 0.05) is 25.7 Å². The van der Waals surface area contributed by atoms with E-state index in [1.165, 1.54) is 270 Å². The topological polar surface area (TPSA) is 237 Å². The van der Waals surface area contributed by atoms with Crippen molar-refractivity contribution < 1.29 is 80.2 Å². The lowest BCUT2D eigenvalue weighted by Crippen LogP contribution is -2.30. The van der Waals surface area contributed by atoms with Crippen LogP contribution in [0.5, 0.6) is 0 Å². The number of unbranched alkanes of at least 4 members (excludes halogenated alkanes) is 53. The number of hydrogen-bond donors (Lipinski definition) is 3. The Balaban J connectivity index is 5.20. The average Bonchev–Trinajstić information content (AvgIpc) is 0.900. The van der Waals surface area contributed by atoms with Crippen molar-refractivity contribution in [1.82, 2.24) is 0 Å². The molecule has 0 radical (unpaired) electrons. The van der Waals surface area contributed by atoms with Gasteiger partial charge in [0.05, 0.1) is 26.4 Å². The van der Waals surface area contributed by atoms with Crippen LogP contribution in [0, 0.1) is 17.8 Å². The zero-order chi connectivity index (χ0) is 77.9. The van der Waals surface area contributed by atoms with Gasteiger partial charge < -0.3 is 33.8 Å². The van der Waals surface area contributed by atoms with Crippen LogP contribution in [0.1, 0.15) is 459 Å². The van der Waals surface area contributed by atoms with Gasteiger partial charge in [0.25, 0.3) is 0 Å². The minimum atomic E-state index is -4.97. The molecule has 0 rings (SSSR count). The number of aliphatic hydroxyl groups is 1. The third kappa shape index (κ3) is 80.1. The Bertz CT molecular complexity index is 2040. The lowest BCUT2D eigenvalue weighted by molar-refractivity contribution is -0.161. The highest BCUT2D eigenvalue weighted by atomic mass is 31.2. The van der Waals surface area contributed by atoms with E-state index >= 15 is 0 Å². The Kier molecular flexibility index (Phi) is 75.6. The van der Waals surface area contributed by atoms with Crippen LogP contribution < -0.4 is 0 Å². The molecule has 0 saturated heterocycles. The molecule has 17 nitrogen and oxygen atoms in total. The van der Waals surface area contributed by atoms with E-state index in [4.69, 9.17) is 37.0 Å². The molecule has 0 heterocycles. The highest BCUT2D eigenvalue weighted by Crippen LogP contribution is 2.45. The highest BCUT2D eigenvalue weighted by molar-refractivity contribution is 7.47. The predicted molar refractivity (Wildman–Crippen MR) is 437 cm³/mol. The minimum absolute atomic E-state index is 0.105. The Labute approximate surface area is 651 Å². The third-order valence-electron chi connectivity index (χ3n) is 20.4. The van der Waals surface area contributed by atoms with Crippen molar-refractivity contribution >= 4 is 39.5 Å². The molecule has 2 unspecified atom stereocenters. The van der Waals surface area contributed by atoms with E-state index in [2.05, 4.69) is 48.5 Å². The summed E-state index contributed by atoms with van der Waals surface area (Å²) in [7, 11) is -9.93. The Morgan fingerprint density at radius 1 is 0.255 bits per heavy atom. The zero-order valence-electron chi connectivity index (χ0n) is 69.9. The maximum Gasteiger partial charge on any atom is 0.472 e. The van der Waals surface area contributed by atoms with Crippen LogP contribution in [0.25, 0.3) is 0 Å². The van der Waals surface area contributed by atoms with Crippen LogP contribution in [-0.2, 0) is 65.4 Å². The van der Waals surface area contributed by atoms with Crippen LogP contribution in [0.4, 0.5) is 0 Å². The molecule has 0 amide bonds. The predicted octanol–water partition coefficient (Wildman–Crippen LogP) is 26.5. The first-order valence-corrected chi connectivity index (χ1v) is 47.8. The molecule has 0 bridgehead atoms. The summed E-state index contributed by atoms with van der Waals surface area (Å²) in [5, 5.41) is 10.7. The maximum atomic E-state index is 13.2. The van der Waals surface area contributed by atoms with Gasteiger partial charge in [-0.15, -0.1) is 0 Å². The van der Waals surface area contributed by atoms with E-state index in [0.29, 0.717) is 25.7 Å². The van der Waals surface area contributed by atoms with Crippen LogP contribution in [0.2, 0.25) is 0 Å². The van der Waals surface area contributed by atoms with Crippen LogP contribution in [-0.4, -0.2) is 96.7 Å². The van der Waals surface area contributed by atoms with Crippen molar-refractivity contribution in [2.75, 3.05) is 39.6 Å². The van der Waals surface area contributed by atoms with Gasteiger partial charge in [0.1, 0.15) is 19.3 Å². The molecular formula is C87H170O17P2. The SMILES string of the molecule is CCCCCCCCCCCCCCCCCCCCCCCCC(=O)O[C@H](COC(=O)CCCCCCCCCCCCCCCCCCCCC(C)C)COP(=O)(O)OC[C@@H](O)COP(=O)(O)OC[C@@H](COC(=O)CCCCCCCCCCC(C)C)OC(=O)CCCCCCCCCCCC(C)C. The fourth-order valence-electron chi connectivity index (χ4n) is 13.5. The smallest absolute Gasteiger partial charge is 0.462 e. The van der Waals surface area contributed by atoms with Crippen molar-refractivity contribution in [1.29, 1.82) is 0 Å². The van der Waals surface area contributed by atoms with Gasteiger partial charge in [0.15, 0.2) is 12.2 Å². The summed E-state index contributed by atoms with van der Waals surface area (Å²) in [6.07, 6.45) is 68.4. The average molecular weight is 1550 g/mol. The molecule has 630 valence electrons. The molecule has 5 atom stereocenters. The van der Waals surface area contributed by atoms with Crippen molar-refractivity contribution in [2.24, 2.45) is 17.8 Å². The quantitative estimate of drug-likeness (QED) is 0.0222. The normalized spacial score (nSPS) is 13.9. The second kappa shape index (κ2) is 77.0. The summed E-state index contributed by atoms with van der Waals surface area (Å²) >= 11 is 0. The van der Waals surface area contributed by atoms with E-state index in [-0.39, 0.29) is 25.7 Å². The minimum Gasteiger partial charge on any atom is -0.462 e. The number of ether oxygens (including phenoxy) is 4. The molecule has 0 aliphatic heterocycles. The summed E-state index contributed by atoms with van der Waals surface area (Å²) in [5.41, 5.74) is 0. The van der Waals surface area contributed by atoms with Crippen molar-refractivity contribution in [3.63, 3.8) is 0 Å². The monoisotopic (exact) mass is 1550 g/mol. The van der Waals surface area contributed by atoms with E-state index in [1.54, 1.807) is 0 Å². The molecule has 0 saturated carbocycles. The summed E-state index contributed by atoms with van der Waals surface area (Å²) in [6, 6.07) is 0. The van der Waals surface area contributed by atoms with Gasteiger partial charge in [0.2, 0.25) is 0 Å². The van der Waals surface area contributed by atoms with Crippen LogP contribution >= 0.6 is 15.6 Å². The fraction of sp³-hybridized carbons (Fsp3) is 0.954. The molecule has 0 aliphatic carbocycles. The Morgan fingerprint density at radius 3 is 0.642 bits per heavy atom. The Morgan fingerprint density at radius 2 is 0.434 bits per heavy atom. The van der Waals surface area contributed by atoms with Crippen molar-refractivity contribution in [3.05, 3.63) is 0 Å². The summed E-state index contributed by atoms with van der Waals surface area (Å²) in [4.78, 5) is 73.2. The number of hydrogen-bond acceptors (Lipinski definition) is 15. The van der Waals surface area contributed by atoms with Gasteiger partial charge in [-0.05, 0) is 43.4 Å². The number of aliphatic hydroxyl groups excluding tert-OH is 1. The number of esters is 4. The standard InChI is InChI=1S/C87H170O17P2/c1-8-9-10-11-12-13-14-15-16-17-18-19-20-21-26-29-32-35-40-49-56-63-70-86(91)103-82(74-97-84(89)68-61-54-47-39-34-31-28-25-23-22-24-27-30-33-37-44-51-58-65-78(2)3)76-101-105(93,94)99-72-81(88)73-100-106(95,96)102-77-83(75-98-85(90)69-62-55-48-43-42-46-53-60-67-80(6)7)104-87(92)71-64-57-50-41-36-38-45-52-59-66-79(4)5/h78-83,88H,8-77H2,1-7H3,(H,93,94)(H,95,96)/t81-,82-,83-/m1/s1. The molecule has 0 aromatic carbocycles. The molecule has 3 N–H and O–H groups in total. The third-order valence-corrected chi connectivity index (χ3v) is 22.3. The van der Waals surface area contributed by atoms with Gasteiger partial charge in [-0.3, -0.25) is 37.3 Å². The molecule has 0 aliphatic rings. The number of phosphoric ester groups is 2. The van der Waals surface area contributed by atoms with Crippen molar-refractivity contribution in [2.45, 2.75) is 478 Å². The van der Waals surface area contributed by atoms with Crippen LogP contribution in [0.15, 0.2) is 0 Å². The lowest BCUT2D eigenvalue weighted by Gasteiger charge is -2.21. The fourth-order valence-corrected chi connectivity index (χ4v) is 15.1. The molecule has 0 aromatic rings. The molecule has 0 fully saturated rings. The molecule has 0 spiro atoms. The van der Waals surface area contributed by atoms with Gasteiger partial charge in [-0.1, -0.05) is 408 Å². The molecule has 0 aromatic heterocycles. The second-order valence-electron chi connectivity index (χ2n) is 32.7. The van der Waals surface area contributed by atoms with Crippen molar-refractivity contribution in [3.8, 4) is 0 Å². The highest BCUT2D eigenvalue weighted by Gasteiger charge is 2.30. The van der Waals surface area contributed by atoms with Gasteiger partial charge in [-0.2, -0.15) is 0 Å². The summed E-state index contributed by atoms with van der Waals surface area (Å²) < 4.78 is 68.9. The molecule has 19 heteroatoms. The number of phosphoric acid groups is 2. The molecular weight excluding hydrogens is 1380 g/mol. The van der Waals surface area contributed by atoms with E-state index in [0.717, 1.165) is 108 Å². The second-order valence-corrected chi connectivity index (χ2v) is 35.6. The number of rotatable bonds is 85. The molecule has 106 heavy (non-hydrogen) atoms. The van der Waals surface area contributed by atoms with Gasteiger partial charge >= 0.3 is 39.5 Å². The van der Waals surface area contributed by atoms with E-state index in [1.807, 2.05) is 0 Å². The van der Waals surface area contributed by atoms with E-state index < -0.39 is 97.5 Å². The number of carbonyl (C=O) groups excluding carboxylic acids is 4. The first-order chi connectivity index (χ1) is 51.2. The summed E-state index contributed by atoms with van der Waals surface area (Å²) in [6.45, 7) is 11.9. The summed E-state index contributed by atoms with van der Waals surface area (Å²) in [5.74, 6) is 0.179. The van der Waals surface area contributed by atoms with Gasteiger partial charge in [-0.25, -0.2) is 9.13 Å². The largest absolute Gasteiger partial charge is 0.472 e. The zero-order valence-corrected chi connectivity index (χ0v) is 71.7. The van der Waals surface area contributed by atoms with E-state index in [9.17, 15) is 43.2 Å².